The van der Waals surface area contributed by atoms with Crippen LogP contribution in [0.3, 0.4) is 0 Å². The third kappa shape index (κ3) is 4.37. The molecule has 0 saturated carbocycles. The maximum Gasteiger partial charge on any atom is 0.288 e. The summed E-state index contributed by atoms with van der Waals surface area (Å²) in [4.78, 5) is 26.3. The van der Waals surface area contributed by atoms with Crippen LogP contribution in [-0.2, 0) is 0 Å². The molecule has 0 bridgehead atoms. The highest BCUT2D eigenvalue weighted by Crippen LogP contribution is 2.16. The summed E-state index contributed by atoms with van der Waals surface area (Å²) in [6.45, 7) is 4.60. The first kappa shape index (κ1) is 17.3. The molecule has 1 fully saturated rings. The molecule has 2 N–H and O–H groups in total. The van der Waals surface area contributed by atoms with Gasteiger partial charge >= 0.3 is 0 Å². The number of nitro groups is 1. The van der Waals surface area contributed by atoms with E-state index < -0.39 is 4.92 Å². The molecule has 116 valence electrons. The Morgan fingerprint density at radius 3 is 2.90 bits per heavy atom. The standard InChI is InChI=1S/C13H18N4O3.ClH/c1-8-5-10(3-4-14-8)16-13(18)12-6-11(17(19)20)7-15-9(12)2;/h6-8,10,14H,3-5H2,1-2H3,(H,16,18);1H. The summed E-state index contributed by atoms with van der Waals surface area (Å²) in [7, 11) is 0. The van der Waals surface area contributed by atoms with Crippen molar-refractivity contribution in [1.82, 2.24) is 15.6 Å². The number of hydrogen-bond acceptors (Lipinski definition) is 5. The minimum atomic E-state index is -0.546. The molecule has 1 saturated heterocycles. The summed E-state index contributed by atoms with van der Waals surface area (Å²) < 4.78 is 0. The van der Waals surface area contributed by atoms with Gasteiger partial charge in [-0.05, 0) is 33.2 Å². The third-order valence-corrected chi connectivity index (χ3v) is 3.49. The van der Waals surface area contributed by atoms with Crippen molar-refractivity contribution in [3.63, 3.8) is 0 Å². The topological polar surface area (TPSA) is 97.2 Å². The lowest BCUT2D eigenvalue weighted by Crippen LogP contribution is -2.46. The van der Waals surface area contributed by atoms with Gasteiger partial charge in [0.05, 0.1) is 16.2 Å². The fourth-order valence-corrected chi connectivity index (χ4v) is 2.38. The Bertz CT molecular complexity index is 538. The summed E-state index contributed by atoms with van der Waals surface area (Å²) in [5.41, 5.74) is 0.597. The Morgan fingerprint density at radius 1 is 1.57 bits per heavy atom. The molecule has 1 amide bonds. The Hall–Kier alpha value is -1.73. The first-order valence-electron chi connectivity index (χ1n) is 6.62. The second-order valence-corrected chi connectivity index (χ2v) is 5.13. The van der Waals surface area contributed by atoms with Crippen molar-refractivity contribution < 1.29 is 9.72 Å². The normalized spacial score (nSPS) is 21.2. The summed E-state index contributed by atoms with van der Waals surface area (Å²) in [6.07, 6.45) is 2.88. The lowest BCUT2D eigenvalue weighted by atomic mass is 10.00. The predicted molar refractivity (Wildman–Crippen MR) is 80.8 cm³/mol. The van der Waals surface area contributed by atoms with E-state index in [2.05, 4.69) is 22.5 Å². The average molecular weight is 315 g/mol. The molecule has 0 aliphatic carbocycles. The van der Waals surface area contributed by atoms with E-state index in [1.807, 2.05) is 0 Å². The Balaban J connectivity index is 0.00000220. The largest absolute Gasteiger partial charge is 0.349 e. The van der Waals surface area contributed by atoms with Crippen LogP contribution in [0, 0.1) is 17.0 Å². The summed E-state index contributed by atoms with van der Waals surface area (Å²) in [5.74, 6) is -0.294. The molecule has 2 heterocycles. The summed E-state index contributed by atoms with van der Waals surface area (Å²) in [5, 5.41) is 17.0. The van der Waals surface area contributed by atoms with Crippen LogP contribution in [0.2, 0.25) is 0 Å². The third-order valence-electron chi connectivity index (χ3n) is 3.49. The van der Waals surface area contributed by atoms with Crippen LogP contribution in [0.1, 0.15) is 35.8 Å². The molecule has 0 aromatic carbocycles. The smallest absolute Gasteiger partial charge is 0.288 e. The van der Waals surface area contributed by atoms with Crippen molar-refractivity contribution >= 4 is 24.0 Å². The second kappa shape index (κ2) is 7.33. The molecule has 2 unspecified atom stereocenters. The number of halogens is 1. The van der Waals surface area contributed by atoms with Gasteiger partial charge in [0.25, 0.3) is 11.6 Å². The summed E-state index contributed by atoms with van der Waals surface area (Å²) >= 11 is 0. The Kier molecular flexibility index (Phi) is 6.04. The minimum Gasteiger partial charge on any atom is -0.349 e. The first-order chi connectivity index (χ1) is 9.47. The quantitative estimate of drug-likeness (QED) is 0.652. The maximum atomic E-state index is 12.2. The number of hydrogen-bond donors (Lipinski definition) is 2. The van der Waals surface area contributed by atoms with Crippen LogP contribution < -0.4 is 10.6 Å². The van der Waals surface area contributed by atoms with Crippen LogP contribution in [0.4, 0.5) is 5.69 Å². The SMILES string of the molecule is Cc1ncc([N+](=O)[O-])cc1C(=O)NC1CCNC(C)C1.Cl. The molecule has 0 spiro atoms. The average Bonchev–Trinajstić information content (AvgIpc) is 2.38. The maximum absolute atomic E-state index is 12.2. The molecular weight excluding hydrogens is 296 g/mol. The van der Waals surface area contributed by atoms with Crippen molar-refractivity contribution in [2.75, 3.05) is 6.54 Å². The van der Waals surface area contributed by atoms with Crippen LogP contribution in [0.5, 0.6) is 0 Å². The number of carbonyl (C=O) groups is 1. The van der Waals surface area contributed by atoms with Gasteiger partial charge in [-0.1, -0.05) is 0 Å². The zero-order valence-electron chi connectivity index (χ0n) is 12.0. The molecular formula is C13H19ClN4O3. The van der Waals surface area contributed by atoms with Gasteiger partial charge in [-0.15, -0.1) is 12.4 Å². The van der Waals surface area contributed by atoms with E-state index in [1.165, 1.54) is 12.3 Å². The molecule has 1 aromatic heterocycles. The number of rotatable bonds is 3. The van der Waals surface area contributed by atoms with Crippen molar-refractivity contribution in [2.24, 2.45) is 0 Å². The van der Waals surface area contributed by atoms with Gasteiger partial charge in [0, 0.05) is 18.2 Å². The summed E-state index contributed by atoms with van der Waals surface area (Å²) in [6, 6.07) is 1.73. The van der Waals surface area contributed by atoms with Crippen LogP contribution >= 0.6 is 12.4 Å². The Labute approximate surface area is 129 Å². The van der Waals surface area contributed by atoms with Crippen molar-refractivity contribution in [2.45, 2.75) is 38.8 Å². The lowest BCUT2D eigenvalue weighted by Gasteiger charge is -2.28. The molecule has 1 aliphatic heterocycles. The highest BCUT2D eigenvalue weighted by Gasteiger charge is 2.22. The fraction of sp³-hybridized carbons (Fsp3) is 0.538. The van der Waals surface area contributed by atoms with E-state index in [1.54, 1.807) is 6.92 Å². The van der Waals surface area contributed by atoms with Gasteiger partial charge in [0.1, 0.15) is 6.20 Å². The molecule has 7 nitrogen and oxygen atoms in total. The van der Waals surface area contributed by atoms with E-state index in [4.69, 9.17) is 0 Å². The van der Waals surface area contributed by atoms with Gasteiger partial charge in [0.2, 0.25) is 0 Å². The number of nitrogens with zero attached hydrogens (tertiary/aromatic N) is 2. The molecule has 2 atom stereocenters. The van der Waals surface area contributed by atoms with Gasteiger partial charge in [-0.2, -0.15) is 0 Å². The molecule has 1 aromatic rings. The van der Waals surface area contributed by atoms with Gasteiger partial charge in [-0.25, -0.2) is 0 Å². The van der Waals surface area contributed by atoms with Crippen molar-refractivity contribution in [3.05, 3.63) is 33.6 Å². The predicted octanol–water partition coefficient (Wildman–Crippen LogP) is 1.59. The highest BCUT2D eigenvalue weighted by atomic mass is 35.5. The first-order valence-corrected chi connectivity index (χ1v) is 6.62. The number of aryl methyl sites for hydroxylation is 1. The molecule has 0 radical (unpaired) electrons. The van der Waals surface area contributed by atoms with E-state index >= 15 is 0 Å². The van der Waals surface area contributed by atoms with Crippen LogP contribution in [0.15, 0.2) is 12.3 Å². The number of piperidine rings is 1. The van der Waals surface area contributed by atoms with Gasteiger partial charge in [0.15, 0.2) is 0 Å². The molecule has 1 aliphatic rings. The number of pyridine rings is 1. The lowest BCUT2D eigenvalue weighted by molar-refractivity contribution is -0.385. The molecule has 2 rings (SSSR count). The number of carbonyl (C=O) groups excluding carboxylic acids is 1. The number of amides is 1. The highest BCUT2D eigenvalue weighted by molar-refractivity contribution is 5.95. The number of aromatic nitrogens is 1. The Morgan fingerprint density at radius 2 is 2.29 bits per heavy atom. The van der Waals surface area contributed by atoms with Gasteiger partial charge < -0.3 is 10.6 Å². The van der Waals surface area contributed by atoms with E-state index in [9.17, 15) is 14.9 Å². The van der Waals surface area contributed by atoms with E-state index in [0.29, 0.717) is 11.7 Å². The van der Waals surface area contributed by atoms with Crippen LogP contribution in [0.25, 0.3) is 0 Å². The second-order valence-electron chi connectivity index (χ2n) is 5.13. The molecule has 8 heteroatoms. The molecule has 21 heavy (non-hydrogen) atoms. The minimum absolute atomic E-state index is 0. The van der Waals surface area contributed by atoms with Crippen molar-refractivity contribution in [1.29, 1.82) is 0 Å². The fourth-order valence-electron chi connectivity index (χ4n) is 2.38. The zero-order chi connectivity index (χ0) is 14.7. The van der Waals surface area contributed by atoms with Crippen LogP contribution in [-0.4, -0.2) is 34.4 Å². The van der Waals surface area contributed by atoms with E-state index in [0.717, 1.165) is 19.4 Å². The monoisotopic (exact) mass is 314 g/mol. The van der Waals surface area contributed by atoms with Crippen molar-refractivity contribution in [3.8, 4) is 0 Å². The van der Waals surface area contributed by atoms with E-state index in [-0.39, 0.29) is 35.6 Å². The number of nitrogens with one attached hydrogen (secondary N) is 2. The van der Waals surface area contributed by atoms with Gasteiger partial charge in [-0.3, -0.25) is 19.9 Å². The zero-order valence-corrected chi connectivity index (χ0v) is 12.8.